The number of aryl methyl sites for hydroxylation is 1. The molecule has 0 bridgehead atoms. The normalized spacial score (nSPS) is 19.0. The zero-order chi connectivity index (χ0) is 16.3. The molecule has 0 unspecified atom stereocenters. The maximum Gasteiger partial charge on any atom is 0.416 e. The van der Waals surface area contributed by atoms with Gasteiger partial charge in [0, 0.05) is 25.8 Å². The predicted octanol–water partition coefficient (Wildman–Crippen LogP) is 3.65. The lowest BCUT2D eigenvalue weighted by atomic mass is 10.0. The van der Waals surface area contributed by atoms with E-state index in [1.165, 1.54) is 11.0 Å². The molecule has 22 heavy (non-hydrogen) atoms. The highest BCUT2D eigenvalue weighted by Crippen LogP contribution is 2.30. The molecule has 0 aromatic heterocycles. The molecule has 6 heteroatoms. The first-order valence-electron chi connectivity index (χ1n) is 7.34. The van der Waals surface area contributed by atoms with Crippen molar-refractivity contribution < 1.29 is 22.7 Å². The predicted molar refractivity (Wildman–Crippen MR) is 76.7 cm³/mol. The number of ether oxygens (including phenoxy) is 1. The smallest absolute Gasteiger partial charge is 0.376 e. The van der Waals surface area contributed by atoms with Crippen LogP contribution in [0.25, 0.3) is 0 Å². The summed E-state index contributed by atoms with van der Waals surface area (Å²) in [6, 6.07) is 3.26. The first kappa shape index (κ1) is 16.8. The Morgan fingerprint density at radius 1 is 1.36 bits per heavy atom. The summed E-state index contributed by atoms with van der Waals surface area (Å²) in [4.78, 5) is 13.9. The number of hydrogen-bond donors (Lipinski definition) is 0. The minimum Gasteiger partial charge on any atom is -0.376 e. The maximum atomic E-state index is 12.8. The van der Waals surface area contributed by atoms with E-state index in [9.17, 15) is 18.0 Å². The molecular formula is C16H20F3NO2. The van der Waals surface area contributed by atoms with Gasteiger partial charge in [0.05, 0.1) is 11.7 Å². The first-order valence-corrected chi connectivity index (χ1v) is 7.34. The Balaban J connectivity index is 2.13. The van der Waals surface area contributed by atoms with Crippen LogP contribution in [0.3, 0.4) is 0 Å². The zero-order valence-electron chi connectivity index (χ0n) is 12.7. The minimum atomic E-state index is -4.45. The summed E-state index contributed by atoms with van der Waals surface area (Å²) in [5, 5.41) is 0. The number of amides is 1. The van der Waals surface area contributed by atoms with Crippen LogP contribution in [0.1, 0.15) is 40.7 Å². The molecule has 1 aromatic rings. The topological polar surface area (TPSA) is 29.5 Å². The van der Waals surface area contributed by atoms with Gasteiger partial charge in [-0.2, -0.15) is 13.2 Å². The number of carbonyl (C=O) groups excluding carboxylic acids is 1. The molecule has 1 saturated heterocycles. The van der Waals surface area contributed by atoms with E-state index in [2.05, 4.69) is 0 Å². The Bertz CT molecular complexity index is 537. The van der Waals surface area contributed by atoms with Gasteiger partial charge < -0.3 is 9.64 Å². The average molecular weight is 315 g/mol. The van der Waals surface area contributed by atoms with Gasteiger partial charge in [-0.05, 0) is 43.9 Å². The SMILES string of the molecule is Cc1ccc(C(F)(F)F)cc1C(=O)N(C)C[C@H]1CCCCO1. The highest BCUT2D eigenvalue weighted by atomic mass is 19.4. The second-order valence-corrected chi connectivity index (χ2v) is 5.70. The molecule has 1 heterocycles. The van der Waals surface area contributed by atoms with E-state index in [4.69, 9.17) is 4.74 Å². The van der Waals surface area contributed by atoms with Crippen LogP contribution in [0.4, 0.5) is 13.2 Å². The van der Waals surface area contributed by atoms with Crippen LogP contribution in [0, 0.1) is 6.92 Å². The Labute approximate surface area is 128 Å². The third kappa shape index (κ3) is 4.00. The molecule has 2 rings (SSSR count). The van der Waals surface area contributed by atoms with Crippen LogP contribution in [-0.4, -0.2) is 37.1 Å². The molecule has 122 valence electrons. The third-order valence-corrected chi connectivity index (χ3v) is 3.89. The van der Waals surface area contributed by atoms with Gasteiger partial charge in [0.1, 0.15) is 0 Å². The number of rotatable bonds is 3. The number of halogens is 3. The standard InChI is InChI=1S/C16H20F3NO2/c1-11-6-7-12(16(17,18)19)9-14(11)15(21)20(2)10-13-5-3-4-8-22-13/h6-7,9,13H,3-5,8,10H2,1-2H3/t13-/m1/s1. The third-order valence-electron chi connectivity index (χ3n) is 3.89. The summed E-state index contributed by atoms with van der Waals surface area (Å²) in [6.07, 6.45) is -1.54. The van der Waals surface area contributed by atoms with Crippen molar-refractivity contribution in [3.8, 4) is 0 Å². The molecule has 0 saturated carbocycles. The Morgan fingerprint density at radius 3 is 2.68 bits per heavy atom. The van der Waals surface area contributed by atoms with Crippen LogP contribution in [0.2, 0.25) is 0 Å². The lowest BCUT2D eigenvalue weighted by molar-refractivity contribution is -0.137. The van der Waals surface area contributed by atoms with Gasteiger partial charge in [-0.15, -0.1) is 0 Å². The first-order chi connectivity index (χ1) is 10.3. The second-order valence-electron chi connectivity index (χ2n) is 5.70. The molecule has 0 radical (unpaired) electrons. The van der Waals surface area contributed by atoms with Gasteiger partial charge in [0.15, 0.2) is 0 Å². The maximum absolute atomic E-state index is 12.8. The lowest BCUT2D eigenvalue weighted by Crippen LogP contribution is -2.37. The van der Waals surface area contributed by atoms with Gasteiger partial charge in [-0.1, -0.05) is 6.07 Å². The Morgan fingerprint density at radius 2 is 2.09 bits per heavy atom. The molecule has 1 amide bonds. The molecule has 1 atom stereocenters. The molecule has 0 aliphatic carbocycles. The van der Waals surface area contributed by atoms with E-state index in [0.29, 0.717) is 18.7 Å². The van der Waals surface area contributed by atoms with Gasteiger partial charge in [0.2, 0.25) is 0 Å². The number of likely N-dealkylation sites (N-methyl/N-ethyl adjacent to an activating group) is 1. The van der Waals surface area contributed by atoms with E-state index < -0.39 is 17.6 Å². The molecule has 1 aliphatic rings. The van der Waals surface area contributed by atoms with E-state index in [1.54, 1.807) is 14.0 Å². The molecule has 1 aromatic carbocycles. The van der Waals surface area contributed by atoms with Crippen LogP contribution >= 0.6 is 0 Å². The van der Waals surface area contributed by atoms with E-state index in [0.717, 1.165) is 31.4 Å². The number of carbonyl (C=O) groups is 1. The van der Waals surface area contributed by atoms with Crippen LogP contribution in [-0.2, 0) is 10.9 Å². The van der Waals surface area contributed by atoms with Crippen molar-refractivity contribution in [1.29, 1.82) is 0 Å². The van der Waals surface area contributed by atoms with Crippen molar-refractivity contribution in [1.82, 2.24) is 4.90 Å². The quantitative estimate of drug-likeness (QED) is 0.852. The van der Waals surface area contributed by atoms with Gasteiger partial charge >= 0.3 is 6.18 Å². The molecular weight excluding hydrogens is 295 g/mol. The van der Waals surface area contributed by atoms with Crippen molar-refractivity contribution in [2.75, 3.05) is 20.2 Å². The van der Waals surface area contributed by atoms with Crippen LogP contribution < -0.4 is 0 Å². The molecule has 0 spiro atoms. The number of nitrogens with zero attached hydrogens (tertiary/aromatic N) is 1. The number of benzene rings is 1. The van der Waals surface area contributed by atoms with Gasteiger partial charge in [0.25, 0.3) is 5.91 Å². The molecule has 1 aliphatic heterocycles. The summed E-state index contributed by atoms with van der Waals surface area (Å²) in [6.45, 7) is 2.71. The largest absolute Gasteiger partial charge is 0.416 e. The van der Waals surface area contributed by atoms with E-state index >= 15 is 0 Å². The van der Waals surface area contributed by atoms with Crippen molar-refractivity contribution in [3.05, 3.63) is 34.9 Å². The fourth-order valence-electron chi connectivity index (χ4n) is 2.57. The summed E-state index contributed by atoms with van der Waals surface area (Å²) in [5.41, 5.74) is -0.175. The summed E-state index contributed by atoms with van der Waals surface area (Å²) in [5.74, 6) is -0.405. The highest BCUT2D eigenvalue weighted by molar-refractivity contribution is 5.95. The zero-order valence-corrected chi connectivity index (χ0v) is 12.7. The van der Waals surface area contributed by atoms with E-state index in [-0.39, 0.29) is 11.7 Å². The molecule has 0 N–H and O–H groups in total. The molecule has 1 fully saturated rings. The fraction of sp³-hybridized carbons (Fsp3) is 0.562. The van der Waals surface area contributed by atoms with Crippen LogP contribution in [0.5, 0.6) is 0 Å². The Kier molecular flexibility index (Phi) is 5.11. The highest BCUT2D eigenvalue weighted by Gasteiger charge is 2.32. The average Bonchev–Trinajstić information content (AvgIpc) is 2.46. The number of hydrogen-bond acceptors (Lipinski definition) is 2. The van der Waals surface area contributed by atoms with Gasteiger partial charge in [-0.3, -0.25) is 4.79 Å². The lowest BCUT2D eigenvalue weighted by Gasteiger charge is -2.28. The molecule has 3 nitrogen and oxygen atoms in total. The van der Waals surface area contributed by atoms with Crippen molar-refractivity contribution in [3.63, 3.8) is 0 Å². The summed E-state index contributed by atoms with van der Waals surface area (Å²) in [7, 11) is 1.60. The van der Waals surface area contributed by atoms with Gasteiger partial charge in [-0.25, -0.2) is 0 Å². The number of alkyl halides is 3. The van der Waals surface area contributed by atoms with Crippen molar-refractivity contribution in [2.45, 2.75) is 38.5 Å². The summed E-state index contributed by atoms with van der Waals surface area (Å²) >= 11 is 0. The van der Waals surface area contributed by atoms with E-state index in [1.807, 2.05) is 0 Å². The van der Waals surface area contributed by atoms with Crippen LogP contribution in [0.15, 0.2) is 18.2 Å². The Hall–Kier alpha value is -1.56. The van der Waals surface area contributed by atoms with Crippen molar-refractivity contribution >= 4 is 5.91 Å². The summed E-state index contributed by atoms with van der Waals surface area (Å²) < 4.78 is 43.9. The van der Waals surface area contributed by atoms with Crippen molar-refractivity contribution in [2.24, 2.45) is 0 Å². The second kappa shape index (κ2) is 6.69. The fourth-order valence-corrected chi connectivity index (χ4v) is 2.57. The minimum absolute atomic E-state index is 0.0335. The monoisotopic (exact) mass is 315 g/mol.